The maximum atomic E-state index is 6.14. The molecule has 2 N–H and O–H groups in total. The van der Waals surface area contributed by atoms with Gasteiger partial charge in [-0.05, 0) is 24.7 Å². The Morgan fingerprint density at radius 1 is 1.17 bits per heavy atom. The molecule has 0 unspecified atom stereocenters. The van der Waals surface area contributed by atoms with Crippen LogP contribution in [0.25, 0.3) is 0 Å². The molecule has 4 heteroatoms. The summed E-state index contributed by atoms with van der Waals surface area (Å²) in [6, 6.07) is 9.85. The summed E-state index contributed by atoms with van der Waals surface area (Å²) in [6.07, 6.45) is 1.68. The third kappa shape index (κ3) is 3.13. The number of rotatable bonds is 5. The van der Waals surface area contributed by atoms with Crippen LogP contribution in [0.1, 0.15) is 16.9 Å². The van der Waals surface area contributed by atoms with Gasteiger partial charge in [0.15, 0.2) is 0 Å². The number of benzene rings is 1. The van der Waals surface area contributed by atoms with Gasteiger partial charge in [0.05, 0.1) is 12.8 Å². The zero-order valence-corrected chi connectivity index (χ0v) is 11.2. The van der Waals surface area contributed by atoms with Crippen LogP contribution in [0, 0.1) is 0 Å². The van der Waals surface area contributed by atoms with Crippen molar-refractivity contribution >= 4 is 11.6 Å². The topological polar surface area (TPSA) is 42.4 Å². The normalized spacial score (nSPS) is 11.1. The van der Waals surface area contributed by atoms with E-state index in [1.54, 1.807) is 6.26 Å². The molecule has 0 saturated carbocycles. The molecule has 2 rings (SSSR count). The number of nitrogens with zero attached hydrogens (tertiary/aromatic N) is 1. The van der Waals surface area contributed by atoms with Crippen molar-refractivity contribution in [2.24, 2.45) is 5.73 Å². The van der Waals surface area contributed by atoms with E-state index in [0.29, 0.717) is 6.54 Å². The molecule has 3 nitrogen and oxygen atoms in total. The summed E-state index contributed by atoms with van der Waals surface area (Å²) in [5.74, 6) is 0.848. The van der Waals surface area contributed by atoms with E-state index in [4.69, 9.17) is 21.8 Å². The van der Waals surface area contributed by atoms with Gasteiger partial charge in [0.2, 0.25) is 0 Å². The van der Waals surface area contributed by atoms with Crippen LogP contribution < -0.4 is 5.73 Å². The quantitative estimate of drug-likeness (QED) is 0.903. The summed E-state index contributed by atoms with van der Waals surface area (Å²) in [5, 5.41) is 0.801. The second kappa shape index (κ2) is 6.05. The summed E-state index contributed by atoms with van der Waals surface area (Å²) < 4.78 is 5.31. The molecule has 96 valence electrons. The number of furan rings is 1. The molecule has 0 saturated heterocycles. The molecule has 1 heterocycles. The number of nitrogens with two attached hydrogens (primary N) is 1. The van der Waals surface area contributed by atoms with Crippen molar-refractivity contribution in [3.05, 3.63) is 58.5 Å². The largest absolute Gasteiger partial charge is 0.468 e. The minimum absolute atomic E-state index is 0.433. The second-order valence-electron chi connectivity index (χ2n) is 4.34. The van der Waals surface area contributed by atoms with Crippen LogP contribution in [-0.2, 0) is 19.6 Å². The lowest BCUT2D eigenvalue weighted by Crippen LogP contribution is -2.18. The Morgan fingerprint density at radius 3 is 2.61 bits per heavy atom. The Hall–Kier alpha value is -1.29. The number of hydrogen-bond acceptors (Lipinski definition) is 3. The van der Waals surface area contributed by atoms with Crippen molar-refractivity contribution < 1.29 is 4.42 Å². The van der Waals surface area contributed by atoms with E-state index in [-0.39, 0.29) is 0 Å². The Bertz CT molecular complexity index is 510. The van der Waals surface area contributed by atoms with Crippen molar-refractivity contribution in [2.75, 3.05) is 7.05 Å². The average Bonchev–Trinajstić information content (AvgIpc) is 2.79. The lowest BCUT2D eigenvalue weighted by molar-refractivity contribution is 0.315. The highest BCUT2D eigenvalue weighted by molar-refractivity contribution is 6.31. The van der Waals surface area contributed by atoms with E-state index in [1.165, 1.54) is 0 Å². The first-order valence-electron chi connectivity index (χ1n) is 5.88. The molecule has 0 aliphatic carbocycles. The molecule has 0 spiro atoms. The van der Waals surface area contributed by atoms with Gasteiger partial charge < -0.3 is 10.2 Å². The third-order valence-electron chi connectivity index (χ3n) is 2.86. The molecule has 0 radical (unpaired) electrons. The lowest BCUT2D eigenvalue weighted by atomic mass is 10.2. The fraction of sp³-hybridized carbons (Fsp3) is 0.286. The molecule has 1 aromatic heterocycles. The Kier molecular flexibility index (Phi) is 4.42. The van der Waals surface area contributed by atoms with Crippen LogP contribution in [0.2, 0.25) is 5.02 Å². The van der Waals surface area contributed by atoms with Crippen molar-refractivity contribution in [2.45, 2.75) is 19.6 Å². The van der Waals surface area contributed by atoms with E-state index in [1.807, 2.05) is 30.3 Å². The molecule has 0 bridgehead atoms. The zero-order chi connectivity index (χ0) is 13.0. The van der Waals surface area contributed by atoms with Gasteiger partial charge in [0.1, 0.15) is 5.76 Å². The zero-order valence-electron chi connectivity index (χ0n) is 10.4. The SMILES string of the molecule is CN(Cc1ccccc1Cl)Cc1ccoc1CN. The van der Waals surface area contributed by atoms with Gasteiger partial charge in [0, 0.05) is 23.7 Å². The van der Waals surface area contributed by atoms with Crippen LogP contribution in [0.4, 0.5) is 0 Å². The first-order chi connectivity index (χ1) is 8.70. The smallest absolute Gasteiger partial charge is 0.121 e. The minimum atomic E-state index is 0.433. The predicted molar refractivity (Wildman–Crippen MR) is 73.2 cm³/mol. The van der Waals surface area contributed by atoms with Gasteiger partial charge in [-0.3, -0.25) is 4.90 Å². The van der Waals surface area contributed by atoms with Crippen molar-refractivity contribution in [3.8, 4) is 0 Å². The third-order valence-corrected chi connectivity index (χ3v) is 3.23. The van der Waals surface area contributed by atoms with Crippen LogP contribution >= 0.6 is 11.6 Å². The highest BCUT2D eigenvalue weighted by Crippen LogP contribution is 2.18. The summed E-state index contributed by atoms with van der Waals surface area (Å²) in [7, 11) is 2.05. The Morgan fingerprint density at radius 2 is 1.89 bits per heavy atom. The molecule has 0 atom stereocenters. The monoisotopic (exact) mass is 264 g/mol. The molecule has 0 fully saturated rings. The standard InChI is InChI=1S/C14H17ClN2O/c1-17(9-11-4-2-3-5-13(11)15)10-12-6-7-18-14(12)8-16/h2-7H,8-10,16H2,1H3. The van der Waals surface area contributed by atoms with E-state index in [2.05, 4.69) is 11.9 Å². The average molecular weight is 265 g/mol. The maximum absolute atomic E-state index is 6.14. The molecule has 2 aromatic rings. The number of hydrogen-bond donors (Lipinski definition) is 1. The fourth-order valence-corrected chi connectivity index (χ4v) is 2.15. The van der Waals surface area contributed by atoms with E-state index >= 15 is 0 Å². The lowest BCUT2D eigenvalue weighted by Gasteiger charge is -2.17. The summed E-state index contributed by atoms with van der Waals surface area (Å²) in [5.41, 5.74) is 7.87. The van der Waals surface area contributed by atoms with Crippen molar-refractivity contribution in [1.29, 1.82) is 0 Å². The molecular formula is C14H17ClN2O. The fourth-order valence-electron chi connectivity index (χ4n) is 1.95. The van der Waals surface area contributed by atoms with E-state index in [9.17, 15) is 0 Å². The van der Waals surface area contributed by atoms with E-state index in [0.717, 1.165) is 35.0 Å². The maximum Gasteiger partial charge on any atom is 0.121 e. The summed E-state index contributed by atoms with van der Waals surface area (Å²) >= 11 is 6.14. The Balaban J connectivity index is 2.01. The van der Waals surface area contributed by atoms with Crippen LogP contribution in [0.15, 0.2) is 41.0 Å². The van der Waals surface area contributed by atoms with Crippen LogP contribution in [-0.4, -0.2) is 11.9 Å². The molecule has 0 aliphatic rings. The number of halogens is 1. The van der Waals surface area contributed by atoms with Gasteiger partial charge in [-0.2, -0.15) is 0 Å². The molecule has 0 aliphatic heterocycles. The highest BCUT2D eigenvalue weighted by atomic mass is 35.5. The molecular weight excluding hydrogens is 248 g/mol. The van der Waals surface area contributed by atoms with Gasteiger partial charge in [-0.15, -0.1) is 0 Å². The van der Waals surface area contributed by atoms with Crippen molar-refractivity contribution in [3.63, 3.8) is 0 Å². The highest BCUT2D eigenvalue weighted by Gasteiger charge is 2.09. The van der Waals surface area contributed by atoms with E-state index < -0.39 is 0 Å². The summed E-state index contributed by atoms with van der Waals surface area (Å²) in [6.45, 7) is 2.03. The van der Waals surface area contributed by atoms with Gasteiger partial charge >= 0.3 is 0 Å². The van der Waals surface area contributed by atoms with Gasteiger partial charge in [0.25, 0.3) is 0 Å². The predicted octanol–water partition coefficient (Wildman–Crippen LogP) is 3.02. The van der Waals surface area contributed by atoms with Gasteiger partial charge in [-0.1, -0.05) is 29.8 Å². The molecule has 1 aromatic carbocycles. The summed E-state index contributed by atoms with van der Waals surface area (Å²) in [4.78, 5) is 2.19. The molecule has 0 amide bonds. The first-order valence-corrected chi connectivity index (χ1v) is 6.25. The van der Waals surface area contributed by atoms with Crippen LogP contribution in [0.3, 0.4) is 0 Å². The first kappa shape index (κ1) is 13.1. The van der Waals surface area contributed by atoms with Crippen LogP contribution in [0.5, 0.6) is 0 Å². The van der Waals surface area contributed by atoms with Crippen molar-refractivity contribution in [1.82, 2.24) is 4.90 Å². The minimum Gasteiger partial charge on any atom is -0.468 e. The second-order valence-corrected chi connectivity index (χ2v) is 4.74. The Labute approximate surface area is 112 Å². The molecule has 18 heavy (non-hydrogen) atoms. The van der Waals surface area contributed by atoms with Gasteiger partial charge in [-0.25, -0.2) is 0 Å².